The normalized spacial score (nSPS) is 10.6. The van der Waals surface area contributed by atoms with Crippen LogP contribution in [0.4, 0.5) is 0 Å². The number of thioether (sulfide) groups is 1. The van der Waals surface area contributed by atoms with E-state index < -0.39 is 5.97 Å². The number of carbonyl (C=O) groups is 1. The highest BCUT2D eigenvalue weighted by molar-refractivity contribution is 9.10. The van der Waals surface area contributed by atoms with Crippen LogP contribution in [0.25, 0.3) is 10.8 Å². The summed E-state index contributed by atoms with van der Waals surface area (Å²) in [5.74, 6) is -0.808. The van der Waals surface area contributed by atoms with E-state index in [2.05, 4.69) is 20.9 Å². The lowest BCUT2D eigenvalue weighted by Gasteiger charge is -2.04. The maximum Gasteiger partial charge on any atom is 0.313 e. The van der Waals surface area contributed by atoms with Crippen molar-refractivity contribution in [3.05, 3.63) is 34.9 Å². The van der Waals surface area contributed by atoms with Gasteiger partial charge in [0, 0.05) is 21.4 Å². The number of fused-ring (bicyclic) bond motifs is 1. The first kappa shape index (κ1) is 11.4. The third-order valence-electron chi connectivity index (χ3n) is 2.05. The average Bonchev–Trinajstić information content (AvgIpc) is 2.27. The van der Waals surface area contributed by atoms with Gasteiger partial charge in [0.15, 0.2) is 0 Å². The molecule has 0 bridgehead atoms. The van der Waals surface area contributed by atoms with Crippen LogP contribution in [0.2, 0.25) is 0 Å². The van der Waals surface area contributed by atoms with Gasteiger partial charge in [-0.3, -0.25) is 4.79 Å². The van der Waals surface area contributed by atoms with Crippen molar-refractivity contribution in [1.29, 1.82) is 0 Å². The molecule has 16 heavy (non-hydrogen) atoms. The Morgan fingerprint density at radius 1 is 1.38 bits per heavy atom. The van der Waals surface area contributed by atoms with Crippen LogP contribution in [-0.2, 0) is 4.79 Å². The summed E-state index contributed by atoms with van der Waals surface area (Å²) in [6.45, 7) is 0. The Balaban J connectivity index is 2.45. The molecule has 0 fully saturated rings. The molecule has 0 aliphatic heterocycles. The highest BCUT2D eigenvalue weighted by Crippen LogP contribution is 2.29. The largest absolute Gasteiger partial charge is 0.481 e. The lowest BCUT2D eigenvalue weighted by atomic mass is 10.2. The van der Waals surface area contributed by atoms with Gasteiger partial charge in [-0.1, -0.05) is 39.8 Å². The van der Waals surface area contributed by atoms with Crippen molar-refractivity contribution in [3.63, 3.8) is 0 Å². The number of hydrogen-bond donors (Lipinski definition) is 1. The topological polar surface area (TPSA) is 50.2 Å². The Morgan fingerprint density at radius 2 is 2.19 bits per heavy atom. The summed E-state index contributed by atoms with van der Waals surface area (Å²) < 4.78 is 0.990. The van der Waals surface area contributed by atoms with Crippen LogP contribution in [0.3, 0.4) is 0 Å². The van der Waals surface area contributed by atoms with E-state index in [1.807, 2.05) is 24.3 Å². The van der Waals surface area contributed by atoms with E-state index in [0.717, 1.165) is 20.3 Å². The fourth-order valence-electron chi connectivity index (χ4n) is 1.39. The average molecular weight is 298 g/mol. The van der Waals surface area contributed by atoms with Gasteiger partial charge in [-0.25, -0.2) is 4.98 Å². The molecule has 0 atom stereocenters. The minimum Gasteiger partial charge on any atom is -0.481 e. The third-order valence-corrected chi connectivity index (χ3v) is 3.73. The predicted molar refractivity (Wildman–Crippen MR) is 67.8 cm³/mol. The first-order valence-electron chi connectivity index (χ1n) is 4.56. The van der Waals surface area contributed by atoms with Gasteiger partial charge < -0.3 is 5.11 Å². The summed E-state index contributed by atoms with van der Waals surface area (Å²) in [5.41, 5.74) is 0. The fraction of sp³-hybridized carbons (Fsp3) is 0.0909. The number of benzene rings is 1. The van der Waals surface area contributed by atoms with Crippen LogP contribution in [0.1, 0.15) is 0 Å². The Morgan fingerprint density at radius 3 is 2.94 bits per heavy atom. The number of halogens is 1. The van der Waals surface area contributed by atoms with E-state index in [4.69, 9.17) is 5.11 Å². The van der Waals surface area contributed by atoms with Crippen LogP contribution in [0.15, 0.2) is 40.0 Å². The Kier molecular flexibility index (Phi) is 3.46. The molecule has 0 saturated heterocycles. The molecule has 0 spiro atoms. The van der Waals surface area contributed by atoms with Gasteiger partial charge in [0.05, 0.1) is 5.75 Å². The second-order valence-electron chi connectivity index (χ2n) is 3.13. The van der Waals surface area contributed by atoms with Gasteiger partial charge in [-0.15, -0.1) is 0 Å². The van der Waals surface area contributed by atoms with E-state index >= 15 is 0 Å². The zero-order valence-corrected chi connectivity index (χ0v) is 10.6. The maximum absolute atomic E-state index is 10.5. The third kappa shape index (κ3) is 2.36. The Hall–Kier alpha value is -1.07. The molecule has 82 valence electrons. The number of aromatic nitrogens is 1. The van der Waals surface area contributed by atoms with Crippen molar-refractivity contribution < 1.29 is 9.90 Å². The molecule has 0 aliphatic rings. The van der Waals surface area contributed by atoms with E-state index in [1.165, 1.54) is 11.8 Å². The number of aliphatic carboxylic acids is 1. The predicted octanol–water partition coefficient (Wildman–Crippen LogP) is 3.17. The zero-order chi connectivity index (χ0) is 11.5. The summed E-state index contributed by atoms with van der Waals surface area (Å²) in [7, 11) is 0. The van der Waals surface area contributed by atoms with Crippen LogP contribution in [-0.4, -0.2) is 21.8 Å². The van der Waals surface area contributed by atoms with Gasteiger partial charge in [0.1, 0.15) is 5.03 Å². The number of carboxylic acids is 1. The molecule has 2 aromatic rings. The van der Waals surface area contributed by atoms with Crippen molar-refractivity contribution in [3.8, 4) is 0 Å². The molecule has 1 heterocycles. The molecular weight excluding hydrogens is 290 g/mol. The summed E-state index contributed by atoms with van der Waals surface area (Å²) in [4.78, 5) is 14.7. The quantitative estimate of drug-likeness (QED) is 0.884. The van der Waals surface area contributed by atoms with Crippen molar-refractivity contribution >= 4 is 44.4 Å². The van der Waals surface area contributed by atoms with Crippen LogP contribution < -0.4 is 0 Å². The molecule has 1 aromatic heterocycles. The van der Waals surface area contributed by atoms with Gasteiger partial charge in [-0.2, -0.15) is 0 Å². The molecule has 3 nitrogen and oxygen atoms in total. The fourth-order valence-corrected chi connectivity index (χ4v) is 2.61. The van der Waals surface area contributed by atoms with Gasteiger partial charge in [0.25, 0.3) is 0 Å². The zero-order valence-electron chi connectivity index (χ0n) is 8.18. The molecular formula is C11H8BrNO2S. The summed E-state index contributed by atoms with van der Waals surface area (Å²) in [6.07, 6.45) is 1.69. The molecule has 0 saturated carbocycles. The van der Waals surface area contributed by atoms with E-state index in [0.29, 0.717) is 0 Å². The summed E-state index contributed by atoms with van der Waals surface area (Å²) in [6, 6.07) is 7.72. The SMILES string of the molecule is O=C(O)CSc1nccc2c(Br)cccc12. The number of pyridine rings is 1. The van der Waals surface area contributed by atoms with Crippen molar-refractivity contribution in [2.75, 3.05) is 5.75 Å². The van der Waals surface area contributed by atoms with Gasteiger partial charge in [-0.05, 0) is 12.1 Å². The number of carboxylic acid groups (broad SMARTS) is 1. The Bertz CT molecular complexity index is 544. The highest BCUT2D eigenvalue weighted by atomic mass is 79.9. The molecule has 1 N–H and O–H groups in total. The second-order valence-corrected chi connectivity index (χ2v) is 4.95. The lowest BCUT2D eigenvalue weighted by molar-refractivity contribution is -0.133. The highest BCUT2D eigenvalue weighted by Gasteiger charge is 2.07. The van der Waals surface area contributed by atoms with E-state index in [-0.39, 0.29) is 5.75 Å². The minimum absolute atomic E-state index is 0.0264. The first-order chi connectivity index (χ1) is 7.68. The maximum atomic E-state index is 10.5. The van der Waals surface area contributed by atoms with Gasteiger partial charge >= 0.3 is 5.97 Å². The lowest BCUT2D eigenvalue weighted by Crippen LogP contribution is -1.98. The van der Waals surface area contributed by atoms with Crippen LogP contribution in [0, 0.1) is 0 Å². The smallest absolute Gasteiger partial charge is 0.313 e. The minimum atomic E-state index is -0.834. The van der Waals surface area contributed by atoms with Crippen molar-refractivity contribution in [2.24, 2.45) is 0 Å². The number of hydrogen-bond acceptors (Lipinski definition) is 3. The molecule has 1 aromatic carbocycles. The molecule has 0 amide bonds. The molecule has 0 radical (unpaired) electrons. The number of nitrogens with zero attached hydrogens (tertiary/aromatic N) is 1. The van der Waals surface area contributed by atoms with Crippen molar-refractivity contribution in [1.82, 2.24) is 4.98 Å². The molecule has 0 unspecified atom stereocenters. The van der Waals surface area contributed by atoms with Crippen molar-refractivity contribution in [2.45, 2.75) is 5.03 Å². The van der Waals surface area contributed by atoms with Crippen LogP contribution >= 0.6 is 27.7 Å². The molecule has 5 heteroatoms. The van der Waals surface area contributed by atoms with E-state index in [1.54, 1.807) is 6.20 Å². The monoisotopic (exact) mass is 297 g/mol. The summed E-state index contributed by atoms with van der Waals surface area (Å²) in [5, 5.41) is 11.4. The van der Waals surface area contributed by atoms with Crippen LogP contribution in [0.5, 0.6) is 0 Å². The number of rotatable bonds is 3. The van der Waals surface area contributed by atoms with E-state index in [9.17, 15) is 4.79 Å². The molecule has 2 rings (SSSR count). The second kappa shape index (κ2) is 4.84. The Labute approximate surface area is 105 Å². The summed E-state index contributed by atoms with van der Waals surface area (Å²) >= 11 is 4.69. The van der Waals surface area contributed by atoms with Gasteiger partial charge in [0.2, 0.25) is 0 Å². The first-order valence-corrected chi connectivity index (χ1v) is 6.34. The standard InChI is InChI=1S/C11H8BrNO2S/c12-9-3-1-2-8-7(9)4-5-13-11(8)16-6-10(14)15/h1-5H,6H2,(H,14,15). The molecule has 0 aliphatic carbocycles.